The summed E-state index contributed by atoms with van der Waals surface area (Å²) in [5, 5.41) is 0.915. The number of hydrogen-bond acceptors (Lipinski definition) is 3. The topological polar surface area (TPSA) is 66.5 Å². The van der Waals surface area contributed by atoms with E-state index >= 15 is 0 Å². The van der Waals surface area contributed by atoms with Crippen molar-refractivity contribution < 1.29 is 13.2 Å². The lowest BCUT2D eigenvalue weighted by atomic mass is 10.1. The normalized spacial score (nSPS) is 10.3. The number of rotatable bonds is 4. The average molecular weight is 228 g/mol. The zero-order valence-corrected chi connectivity index (χ0v) is 9.32. The van der Waals surface area contributed by atoms with Crippen LogP contribution >= 0.6 is 0 Å². The molecule has 5 nitrogen and oxygen atoms in total. The van der Waals surface area contributed by atoms with Crippen LogP contribution in [0.4, 0.5) is 5.69 Å². The van der Waals surface area contributed by atoms with E-state index in [1.807, 2.05) is 24.7 Å². The van der Waals surface area contributed by atoms with Gasteiger partial charge in [-0.1, -0.05) is 6.07 Å². The smallest absolute Gasteiger partial charge is 0.229 e. The van der Waals surface area contributed by atoms with Gasteiger partial charge in [0.25, 0.3) is 0 Å². The van der Waals surface area contributed by atoms with Crippen molar-refractivity contribution in [2.75, 3.05) is 5.01 Å². The summed E-state index contributed by atoms with van der Waals surface area (Å²) in [6, 6.07) is 5.22. The van der Waals surface area contributed by atoms with Crippen molar-refractivity contribution in [1.82, 2.24) is 4.83 Å². The Morgan fingerprint density at radius 3 is 2.40 bits per heavy atom. The van der Waals surface area contributed by atoms with Gasteiger partial charge in [0.1, 0.15) is 0 Å². The van der Waals surface area contributed by atoms with Gasteiger partial charge in [0, 0.05) is 0 Å². The number of anilines is 1. The summed E-state index contributed by atoms with van der Waals surface area (Å²) in [6.07, 6.45) is 0.412. The van der Waals surface area contributed by atoms with Gasteiger partial charge in [-0.25, -0.2) is 13.4 Å². The number of carbonyl (C=O) groups excluding carboxylic acids is 1. The third-order valence-corrected chi connectivity index (χ3v) is 2.44. The molecule has 0 aliphatic heterocycles. The van der Waals surface area contributed by atoms with E-state index in [1.165, 1.54) is 0 Å². The molecular formula is C9H12N2O3S. The summed E-state index contributed by atoms with van der Waals surface area (Å²) in [5.74, 6) is 0. The highest BCUT2D eigenvalue weighted by molar-refractivity contribution is 7.70. The molecule has 15 heavy (non-hydrogen) atoms. The van der Waals surface area contributed by atoms with Crippen molar-refractivity contribution >= 4 is 23.0 Å². The molecule has 0 radical (unpaired) electrons. The van der Waals surface area contributed by atoms with Gasteiger partial charge < -0.3 is 0 Å². The molecule has 0 aliphatic carbocycles. The van der Waals surface area contributed by atoms with Gasteiger partial charge in [-0.2, -0.15) is 0 Å². The molecule has 1 rings (SSSR count). The fraction of sp³-hybridized carbons (Fsp3) is 0.222. The molecule has 0 saturated carbocycles. The van der Waals surface area contributed by atoms with Gasteiger partial charge >= 0.3 is 0 Å². The van der Waals surface area contributed by atoms with E-state index in [-0.39, 0.29) is 0 Å². The van der Waals surface area contributed by atoms with Crippen LogP contribution in [0.2, 0.25) is 0 Å². The number of hydrazine groups is 1. The Labute approximate surface area is 89.8 Å². The molecule has 6 heteroatoms. The fourth-order valence-electron chi connectivity index (χ4n) is 1.11. The summed E-state index contributed by atoms with van der Waals surface area (Å²) in [5.41, 5.74) is 2.56. The minimum Gasteiger partial charge on any atom is -0.277 e. The second kappa shape index (κ2) is 4.90. The van der Waals surface area contributed by atoms with Crippen LogP contribution in [0.3, 0.4) is 0 Å². The molecule has 1 aromatic carbocycles. The molecular weight excluding hydrogens is 216 g/mol. The maximum atomic E-state index is 10.6. The molecule has 0 atom stereocenters. The van der Waals surface area contributed by atoms with Crippen LogP contribution in [-0.4, -0.2) is 14.8 Å². The summed E-state index contributed by atoms with van der Waals surface area (Å²) >= 11 is 0. The number of carbonyl (C=O) groups is 1. The molecule has 0 spiro atoms. The van der Waals surface area contributed by atoms with Gasteiger partial charge in [0.05, 0.1) is 5.69 Å². The Kier molecular flexibility index (Phi) is 3.81. The van der Waals surface area contributed by atoms with Gasteiger partial charge in [-0.05, 0) is 37.1 Å². The van der Waals surface area contributed by atoms with Crippen LogP contribution in [0, 0.1) is 13.8 Å². The Hall–Kier alpha value is -1.40. The zero-order valence-electron chi connectivity index (χ0n) is 8.43. The monoisotopic (exact) mass is 228 g/mol. The molecule has 0 bridgehead atoms. The van der Waals surface area contributed by atoms with Crippen molar-refractivity contribution in [3.05, 3.63) is 29.3 Å². The Morgan fingerprint density at radius 1 is 1.27 bits per heavy atom. The van der Waals surface area contributed by atoms with Crippen molar-refractivity contribution in [1.29, 1.82) is 0 Å². The third-order valence-electron chi connectivity index (χ3n) is 2.06. The predicted octanol–water partition coefficient (Wildman–Crippen LogP) is 0.297. The first-order chi connectivity index (χ1) is 7.04. The largest absolute Gasteiger partial charge is 0.277 e. The van der Waals surface area contributed by atoms with Crippen molar-refractivity contribution in [2.45, 2.75) is 13.8 Å². The highest BCUT2D eigenvalue weighted by Gasteiger charge is 2.05. The minimum absolute atomic E-state index is 0.412. The molecule has 0 aromatic heterocycles. The Balaban J connectivity index is 3.02. The van der Waals surface area contributed by atoms with Gasteiger partial charge in [-0.3, -0.25) is 4.79 Å². The SMILES string of the molecule is Cc1ccc(N(C=O)N[SH](=O)=O)cc1C. The number of hydrogen-bond donors (Lipinski definition) is 2. The van der Waals surface area contributed by atoms with E-state index in [9.17, 15) is 13.2 Å². The van der Waals surface area contributed by atoms with Crippen LogP contribution in [-0.2, 0) is 15.7 Å². The highest BCUT2D eigenvalue weighted by Crippen LogP contribution is 2.16. The number of nitrogens with zero attached hydrogens (tertiary/aromatic N) is 1. The van der Waals surface area contributed by atoms with Crippen molar-refractivity contribution in [3.8, 4) is 0 Å². The quantitative estimate of drug-likeness (QED) is 0.442. The summed E-state index contributed by atoms with van der Waals surface area (Å²) < 4.78 is 20.8. The lowest BCUT2D eigenvalue weighted by Crippen LogP contribution is -2.35. The van der Waals surface area contributed by atoms with Crippen molar-refractivity contribution in [3.63, 3.8) is 0 Å². The first-order valence-corrected chi connectivity index (χ1v) is 5.45. The molecule has 0 saturated heterocycles. The number of nitrogens with one attached hydrogen (secondary N) is 1. The summed E-state index contributed by atoms with van der Waals surface area (Å²) in [7, 11) is -2.84. The maximum absolute atomic E-state index is 10.6. The minimum atomic E-state index is -2.84. The van der Waals surface area contributed by atoms with E-state index in [4.69, 9.17) is 0 Å². The zero-order chi connectivity index (χ0) is 11.4. The second-order valence-corrected chi connectivity index (χ2v) is 3.82. The van der Waals surface area contributed by atoms with Crippen LogP contribution in [0.1, 0.15) is 11.1 Å². The molecule has 0 fully saturated rings. The third kappa shape index (κ3) is 3.03. The molecule has 82 valence electrons. The first kappa shape index (κ1) is 11.7. The van der Waals surface area contributed by atoms with Gasteiger partial charge in [-0.15, -0.1) is 4.83 Å². The lowest BCUT2D eigenvalue weighted by Gasteiger charge is -2.15. The van der Waals surface area contributed by atoms with Crippen LogP contribution in [0.15, 0.2) is 18.2 Å². The fourth-order valence-corrected chi connectivity index (χ4v) is 1.44. The van der Waals surface area contributed by atoms with E-state index < -0.39 is 10.9 Å². The van der Waals surface area contributed by atoms with E-state index in [2.05, 4.69) is 0 Å². The van der Waals surface area contributed by atoms with E-state index in [0.717, 1.165) is 16.1 Å². The maximum Gasteiger partial charge on any atom is 0.229 e. The van der Waals surface area contributed by atoms with E-state index in [0.29, 0.717) is 12.1 Å². The lowest BCUT2D eigenvalue weighted by molar-refractivity contribution is -0.107. The van der Waals surface area contributed by atoms with Gasteiger partial charge in [0.2, 0.25) is 17.3 Å². The van der Waals surface area contributed by atoms with Gasteiger partial charge in [0.15, 0.2) is 0 Å². The molecule has 0 aliphatic rings. The Morgan fingerprint density at radius 2 is 1.93 bits per heavy atom. The average Bonchev–Trinajstić information content (AvgIpc) is 2.18. The van der Waals surface area contributed by atoms with Crippen LogP contribution < -0.4 is 9.84 Å². The number of benzene rings is 1. The number of amides is 1. The number of thiol groups is 1. The number of aryl methyl sites for hydroxylation is 2. The molecule has 1 amide bonds. The Bertz CT molecular complexity index is 435. The van der Waals surface area contributed by atoms with Crippen LogP contribution in [0.25, 0.3) is 0 Å². The predicted molar refractivity (Wildman–Crippen MR) is 57.9 cm³/mol. The molecule has 0 heterocycles. The van der Waals surface area contributed by atoms with Crippen molar-refractivity contribution in [2.24, 2.45) is 0 Å². The van der Waals surface area contributed by atoms with Crippen LogP contribution in [0.5, 0.6) is 0 Å². The second-order valence-electron chi connectivity index (χ2n) is 3.10. The summed E-state index contributed by atoms with van der Waals surface area (Å²) in [4.78, 5) is 12.6. The standard InChI is InChI=1S/C9H12N2O3S/c1-7-3-4-9(5-8(7)2)11(6-12)10-15(13)14/h3-6,15H,1-2H3,(H,10,13,14). The first-order valence-electron chi connectivity index (χ1n) is 4.27. The molecule has 0 unspecified atom stereocenters. The molecule has 1 N–H and O–H groups in total. The molecule has 1 aromatic rings. The summed E-state index contributed by atoms with van der Waals surface area (Å²) in [6.45, 7) is 3.82. The highest BCUT2D eigenvalue weighted by atomic mass is 32.2. The van der Waals surface area contributed by atoms with E-state index in [1.54, 1.807) is 12.1 Å².